The van der Waals surface area contributed by atoms with E-state index in [1.165, 1.54) is 12.0 Å². The van der Waals surface area contributed by atoms with Crippen LogP contribution in [0.2, 0.25) is 0 Å². The average molecular weight is 292 g/mol. The third-order valence-corrected chi connectivity index (χ3v) is 4.28. The van der Waals surface area contributed by atoms with Gasteiger partial charge in [-0.05, 0) is 50.4 Å². The van der Waals surface area contributed by atoms with Crippen molar-refractivity contribution in [1.82, 2.24) is 4.90 Å². The number of benzene rings is 1. The lowest BCUT2D eigenvalue weighted by Crippen LogP contribution is -2.44. The summed E-state index contributed by atoms with van der Waals surface area (Å²) in [5.41, 5.74) is 8.49. The van der Waals surface area contributed by atoms with Crippen molar-refractivity contribution < 1.29 is 9.47 Å². The van der Waals surface area contributed by atoms with E-state index in [9.17, 15) is 0 Å². The van der Waals surface area contributed by atoms with Gasteiger partial charge in [-0.1, -0.05) is 12.1 Å². The van der Waals surface area contributed by atoms with Crippen molar-refractivity contribution in [2.45, 2.75) is 38.8 Å². The van der Waals surface area contributed by atoms with Crippen molar-refractivity contribution in [3.8, 4) is 5.75 Å². The fraction of sp³-hybridized carbons (Fsp3) is 0.647. The smallest absolute Gasteiger partial charge is 0.121 e. The van der Waals surface area contributed by atoms with E-state index in [-0.39, 0.29) is 6.04 Å². The van der Waals surface area contributed by atoms with Crippen LogP contribution in [0.15, 0.2) is 18.2 Å². The largest absolute Gasteiger partial charge is 0.496 e. The Bertz CT molecular complexity index is 448. The lowest BCUT2D eigenvalue weighted by atomic mass is 9.99. The van der Waals surface area contributed by atoms with E-state index in [0.717, 1.165) is 37.4 Å². The Kier molecular flexibility index (Phi) is 6.03. The first-order valence-electron chi connectivity index (χ1n) is 7.89. The summed E-state index contributed by atoms with van der Waals surface area (Å²) in [6.45, 7) is 7.62. The highest BCUT2D eigenvalue weighted by Gasteiger charge is 2.26. The van der Waals surface area contributed by atoms with Crippen molar-refractivity contribution in [3.63, 3.8) is 0 Å². The first-order chi connectivity index (χ1) is 10.2. The molecule has 4 nitrogen and oxygen atoms in total. The molecule has 2 unspecified atom stereocenters. The number of nitrogens with two attached hydrogens (primary N) is 1. The standard InChI is InChI=1S/C17H28N2O2/c1-4-21-15-6-5-9-19(12-15)16(11-18)14-7-8-17(20-3)13(2)10-14/h7-8,10,15-16H,4-6,9,11-12,18H2,1-3H3. The molecule has 1 aromatic carbocycles. The summed E-state index contributed by atoms with van der Waals surface area (Å²) in [5.74, 6) is 0.931. The molecule has 1 heterocycles. The van der Waals surface area contributed by atoms with E-state index in [2.05, 4.69) is 30.9 Å². The van der Waals surface area contributed by atoms with Crippen LogP contribution in [-0.4, -0.2) is 44.4 Å². The van der Waals surface area contributed by atoms with Gasteiger partial charge in [0.15, 0.2) is 0 Å². The molecule has 1 saturated heterocycles. The number of methoxy groups -OCH3 is 1. The second kappa shape index (κ2) is 7.78. The van der Waals surface area contributed by atoms with E-state index < -0.39 is 0 Å². The molecule has 118 valence electrons. The van der Waals surface area contributed by atoms with Gasteiger partial charge < -0.3 is 15.2 Å². The van der Waals surface area contributed by atoms with Gasteiger partial charge in [0.05, 0.1) is 13.2 Å². The summed E-state index contributed by atoms with van der Waals surface area (Å²) in [5, 5.41) is 0. The molecule has 1 aliphatic rings. The summed E-state index contributed by atoms with van der Waals surface area (Å²) >= 11 is 0. The van der Waals surface area contributed by atoms with Gasteiger partial charge in [-0.2, -0.15) is 0 Å². The van der Waals surface area contributed by atoms with Crippen molar-refractivity contribution >= 4 is 0 Å². The fourth-order valence-electron chi connectivity index (χ4n) is 3.23. The Hall–Kier alpha value is -1.10. The molecule has 0 radical (unpaired) electrons. The van der Waals surface area contributed by atoms with Crippen LogP contribution in [0.1, 0.15) is 36.9 Å². The Morgan fingerprint density at radius 3 is 2.86 bits per heavy atom. The second-order valence-corrected chi connectivity index (χ2v) is 5.70. The van der Waals surface area contributed by atoms with Crippen LogP contribution < -0.4 is 10.5 Å². The minimum Gasteiger partial charge on any atom is -0.496 e. The third-order valence-electron chi connectivity index (χ3n) is 4.28. The number of aryl methyl sites for hydroxylation is 1. The maximum atomic E-state index is 6.06. The highest BCUT2D eigenvalue weighted by atomic mass is 16.5. The second-order valence-electron chi connectivity index (χ2n) is 5.70. The van der Waals surface area contributed by atoms with Gasteiger partial charge in [-0.25, -0.2) is 0 Å². The molecule has 1 aliphatic heterocycles. The maximum Gasteiger partial charge on any atom is 0.121 e. The van der Waals surface area contributed by atoms with E-state index in [4.69, 9.17) is 15.2 Å². The molecule has 21 heavy (non-hydrogen) atoms. The SMILES string of the molecule is CCOC1CCCN(C(CN)c2ccc(OC)c(C)c2)C1. The number of hydrogen-bond acceptors (Lipinski definition) is 4. The Labute approximate surface area is 128 Å². The maximum absolute atomic E-state index is 6.06. The van der Waals surface area contributed by atoms with E-state index >= 15 is 0 Å². The highest BCUT2D eigenvalue weighted by molar-refractivity contribution is 5.37. The van der Waals surface area contributed by atoms with Crippen molar-refractivity contribution in [2.75, 3.05) is 33.4 Å². The molecule has 0 spiro atoms. The molecule has 2 N–H and O–H groups in total. The molecular formula is C17H28N2O2. The van der Waals surface area contributed by atoms with Crippen LogP contribution in [0.25, 0.3) is 0 Å². The van der Waals surface area contributed by atoms with Gasteiger partial charge in [0, 0.05) is 25.7 Å². The minimum absolute atomic E-state index is 0.262. The first-order valence-corrected chi connectivity index (χ1v) is 7.89. The molecule has 0 aliphatic carbocycles. The van der Waals surface area contributed by atoms with Crippen LogP contribution in [0.4, 0.5) is 0 Å². The lowest BCUT2D eigenvalue weighted by molar-refractivity contribution is -0.00660. The molecule has 2 atom stereocenters. The predicted molar refractivity (Wildman–Crippen MR) is 85.7 cm³/mol. The summed E-state index contributed by atoms with van der Waals surface area (Å²) in [6.07, 6.45) is 2.68. The zero-order valence-corrected chi connectivity index (χ0v) is 13.5. The summed E-state index contributed by atoms with van der Waals surface area (Å²) < 4.78 is 11.1. The fourth-order valence-corrected chi connectivity index (χ4v) is 3.23. The Morgan fingerprint density at radius 1 is 1.43 bits per heavy atom. The van der Waals surface area contributed by atoms with Gasteiger partial charge >= 0.3 is 0 Å². The Balaban J connectivity index is 2.13. The van der Waals surface area contributed by atoms with E-state index in [1.54, 1.807) is 7.11 Å². The Morgan fingerprint density at radius 2 is 2.24 bits per heavy atom. The van der Waals surface area contributed by atoms with Gasteiger partial charge in [0.25, 0.3) is 0 Å². The van der Waals surface area contributed by atoms with Crippen LogP contribution in [-0.2, 0) is 4.74 Å². The zero-order valence-electron chi connectivity index (χ0n) is 13.5. The van der Waals surface area contributed by atoms with Crippen molar-refractivity contribution in [1.29, 1.82) is 0 Å². The van der Waals surface area contributed by atoms with Crippen molar-refractivity contribution in [3.05, 3.63) is 29.3 Å². The van der Waals surface area contributed by atoms with E-state index in [1.807, 2.05) is 6.07 Å². The molecule has 0 saturated carbocycles. The third kappa shape index (κ3) is 3.96. The molecule has 0 bridgehead atoms. The van der Waals surface area contributed by atoms with Crippen LogP contribution >= 0.6 is 0 Å². The van der Waals surface area contributed by atoms with Gasteiger partial charge in [0.2, 0.25) is 0 Å². The zero-order chi connectivity index (χ0) is 15.2. The first kappa shape index (κ1) is 16.3. The lowest BCUT2D eigenvalue weighted by Gasteiger charge is -2.38. The molecular weight excluding hydrogens is 264 g/mol. The quantitative estimate of drug-likeness (QED) is 0.875. The summed E-state index contributed by atoms with van der Waals surface area (Å²) in [7, 11) is 1.71. The van der Waals surface area contributed by atoms with Crippen LogP contribution in [0.3, 0.4) is 0 Å². The minimum atomic E-state index is 0.262. The molecule has 4 heteroatoms. The molecule has 1 fully saturated rings. The monoisotopic (exact) mass is 292 g/mol. The number of likely N-dealkylation sites (tertiary alicyclic amines) is 1. The number of rotatable bonds is 6. The topological polar surface area (TPSA) is 47.7 Å². The summed E-state index contributed by atoms with van der Waals surface area (Å²) in [4.78, 5) is 2.46. The van der Waals surface area contributed by atoms with Crippen LogP contribution in [0, 0.1) is 6.92 Å². The number of nitrogens with zero attached hydrogens (tertiary/aromatic N) is 1. The number of piperidine rings is 1. The highest BCUT2D eigenvalue weighted by Crippen LogP contribution is 2.28. The average Bonchev–Trinajstić information content (AvgIpc) is 2.49. The normalized spacial score (nSPS) is 21.2. The van der Waals surface area contributed by atoms with Gasteiger partial charge in [-0.3, -0.25) is 4.90 Å². The molecule has 2 rings (SSSR count). The number of ether oxygens (including phenoxy) is 2. The molecule has 0 aromatic heterocycles. The van der Waals surface area contributed by atoms with Crippen LogP contribution in [0.5, 0.6) is 5.75 Å². The predicted octanol–water partition coefficient (Wildman–Crippen LogP) is 2.50. The number of hydrogen-bond donors (Lipinski definition) is 1. The van der Waals surface area contributed by atoms with Crippen molar-refractivity contribution in [2.24, 2.45) is 5.73 Å². The molecule has 0 amide bonds. The van der Waals surface area contributed by atoms with E-state index in [0.29, 0.717) is 12.6 Å². The summed E-state index contributed by atoms with van der Waals surface area (Å²) in [6, 6.07) is 6.63. The van der Waals surface area contributed by atoms with Gasteiger partial charge in [0.1, 0.15) is 5.75 Å². The van der Waals surface area contributed by atoms with Gasteiger partial charge in [-0.15, -0.1) is 0 Å². The molecule has 1 aromatic rings.